The van der Waals surface area contributed by atoms with Crippen LogP contribution in [0.1, 0.15) is 34.6 Å². The lowest BCUT2D eigenvalue weighted by Gasteiger charge is -2.08. The number of amides is 2. The lowest BCUT2D eigenvalue weighted by atomic mass is 10.1. The average molecular weight is 326 g/mol. The smallest absolute Gasteiger partial charge is 0.338 e. The van der Waals surface area contributed by atoms with Crippen LogP contribution < -0.4 is 10.6 Å². The molecule has 0 bridgehead atoms. The number of hydrogen-bond donors (Lipinski definition) is 2. The molecule has 0 fully saturated rings. The summed E-state index contributed by atoms with van der Waals surface area (Å²) >= 11 is 0. The molecule has 0 aliphatic rings. The molecule has 6 heteroatoms. The third kappa shape index (κ3) is 4.67. The summed E-state index contributed by atoms with van der Waals surface area (Å²) in [7, 11) is 0. The Morgan fingerprint density at radius 1 is 0.917 bits per heavy atom. The third-order valence-electron chi connectivity index (χ3n) is 3.10. The van der Waals surface area contributed by atoms with Crippen LogP contribution in [0.15, 0.2) is 48.5 Å². The molecule has 2 aromatic carbocycles. The van der Waals surface area contributed by atoms with Gasteiger partial charge in [0.15, 0.2) is 0 Å². The standard InChI is InChI=1S/C18H18N2O4/c1-3-24-18(23)14-5-4-6-16(11-14)20-17(22)13-7-9-15(10-8-13)19-12(2)21/h4-11H,3H2,1-2H3,(H,19,21)(H,20,22). The molecule has 0 saturated carbocycles. The lowest BCUT2D eigenvalue weighted by molar-refractivity contribution is -0.114. The molecule has 0 aromatic heterocycles. The van der Waals surface area contributed by atoms with E-state index in [2.05, 4.69) is 10.6 Å². The second-order valence-electron chi connectivity index (χ2n) is 5.01. The highest BCUT2D eigenvalue weighted by molar-refractivity contribution is 6.05. The fourth-order valence-electron chi connectivity index (χ4n) is 2.05. The van der Waals surface area contributed by atoms with Gasteiger partial charge in [-0.15, -0.1) is 0 Å². The van der Waals surface area contributed by atoms with E-state index in [1.165, 1.54) is 6.92 Å². The normalized spacial score (nSPS) is 9.92. The monoisotopic (exact) mass is 326 g/mol. The van der Waals surface area contributed by atoms with Crippen LogP contribution in [-0.4, -0.2) is 24.4 Å². The van der Waals surface area contributed by atoms with Crippen LogP contribution in [0.2, 0.25) is 0 Å². The molecule has 0 unspecified atom stereocenters. The van der Waals surface area contributed by atoms with Crippen molar-refractivity contribution in [1.82, 2.24) is 0 Å². The maximum Gasteiger partial charge on any atom is 0.338 e. The molecule has 0 spiro atoms. The fourth-order valence-corrected chi connectivity index (χ4v) is 2.05. The van der Waals surface area contributed by atoms with Gasteiger partial charge in [0.25, 0.3) is 5.91 Å². The summed E-state index contributed by atoms with van der Waals surface area (Å²) in [5, 5.41) is 5.35. The van der Waals surface area contributed by atoms with Gasteiger partial charge in [-0.1, -0.05) is 6.07 Å². The molecule has 2 rings (SSSR count). The van der Waals surface area contributed by atoms with Gasteiger partial charge in [-0.25, -0.2) is 4.79 Å². The second kappa shape index (κ2) is 7.92. The van der Waals surface area contributed by atoms with E-state index in [1.54, 1.807) is 55.5 Å². The highest BCUT2D eigenvalue weighted by Crippen LogP contribution is 2.15. The van der Waals surface area contributed by atoms with Crippen molar-refractivity contribution in [2.75, 3.05) is 17.2 Å². The van der Waals surface area contributed by atoms with Crippen molar-refractivity contribution in [3.05, 3.63) is 59.7 Å². The van der Waals surface area contributed by atoms with Crippen LogP contribution in [0.25, 0.3) is 0 Å². The van der Waals surface area contributed by atoms with Gasteiger partial charge in [-0.05, 0) is 49.4 Å². The van der Waals surface area contributed by atoms with Crippen molar-refractivity contribution in [2.45, 2.75) is 13.8 Å². The minimum absolute atomic E-state index is 0.178. The number of benzene rings is 2. The number of hydrogen-bond acceptors (Lipinski definition) is 4. The van der Waals surface area contributed by atoms with E-state index in [-0.39, 0.29) is 18.4 Å². The Morgan fingerprint density at radius 2 is 1.62 bits per heavy atom. The molecular formula is C18H18N2O4. The second-order valence-corrected chi connectivity index (χ2v) is 5.01. The number of nitrogens with one attached hydrogen (secondary N) is 2. The summed E-state index contributed by atoms with van der Waals surface area (Å²) in [6.07, 6.45) is 0. The molecule has 0 saturated heterocycles. The quantitative estimate of drug-likeness (QED) is 0.827. The Labute approximate surface area is 139 Å². The van der Waals surface area contributed by atoms with Gasteiger partial charge in [0.2, 0.25) is 5.91 Å². The van der Waals surface area contributed by atoms with Gasteiger partial charge in [0, 0.05) is 23.9 Å². The molecule has 2 aromatic rings. The first-order valence-electron chi connectivity index (χ1n) is 7.46. The molecule has 0 aliphatic carbocycles. The minimum Gasteiger partial charge on any atom is -0.462 e. The number of ether oxygens (including phenoxy) is 1. The Bertz CT molecular complexity index is 754. The van der Waals surface area contributed by atoms with E-state index in [9.17, 15) is 14.4 Å². The van der Waals surface area contributed by atoms with Gasteiger partial charge in [-0.2, -0.15) is 0 Å². The van der Waals surface area contributed by atoms with Crippen LogP contribution in [-0.2, 0) is 9.53 Å². The molecule has 0 radical (unpaired) electrons. The van der Waals surface area contributed by atoms with Crippen molar-refractivity contribution in [2.24, 2.45) is 0 Å². The Morgan fingerprint density at radius 3 is 2.25 bits per heavy atom. The zero-order valence-electron chi connectivity index (χ0n) is 13.5. The van der Waals surface area contributed by atoms with Gasteiger partial charge < -0.3 is 15.4 Å². The van der Waals surface area contributed by atoms with E-state index >= 15 is 0 Å². The van der Waals surface area contributed by atoms with E-state index in [1.807, 2.05) is 0 Å². The van der Waals surface area contributed by atoms with E-state index in [0.29, 0.717) is 22.5 Å². The SMILES string of the molecule is CCOC(=O)c1cccc(NC(=O)c2ccc(NC(C)=O)cc2)c1. The summed E-state index contributed by atoms with van der Waals surface area (Å²) in [6.45, 7) is 3.43. The number of esters is 1. The molecule has 2 N–H and O–H groups in total. The molecule has 6 nitrogen and oxygen atoms in total. The third-order valence-corrected chi connectivity index (χ3v) is 3.10. The molecular weight excluding hydrogens is 308 g/mol. The molecule has 0 aliphatic heterocycles. The van der Waals surface area contributed by atoms with Crippen molar-refractivity contribution in [3.8, 4) is 0 Å². The molecule has 2 amide bonds. The van der Waals surface area contributed by atoms with Gasteiger partial charge >= 0.3 is 5.97 Å². The Hall–Kier alpha value is -3.15. The van der Waals surface area contributed by atoms with Crippen LogP contribution in [0.3, 0.4) is 0 Å². The highest BCUT2D eigenvalue weighted by Gasteiger charge is 2.10. The molecule has 124 valence electrons. The first-order valence-corrected chi connectivity index (χ1v) is 7.46. The van der Waals surface area contributed by atoms with Crippen LogP contribution in [0, 0.1) is 0 Å². The number of anilines is 2. The van der Waals surface area contributed by atoms with Crippen molar-refractivity contribution < 1.29 is 19.1 Å². The predicted molar refractivity (Wildman–Crippen MR) is 91.1 cm³/mol. The summed E-state index contributed by atoms with van der Waals surface area (Å²) in [5.41, 5.74) is 1.92. The molecule has 24 heavy (non-hydrogen) atoms. The zero-order chi connectivity index (χ0) is 17.5. The van der Waals surface area contributed by atoms with Crippen LogP contribution >= 0.6 is 0 Å². The van der Waals surface area contributed by atoms with Gasteiger partial charge in [-0.3, -0.25) is 9.59 Å². The van der Waals surface area contributed by atoms with Gasteiger partial charge in [0.05, 0.1) is 12.2 Å². The van der Waals surface area contributed by atoms with E-state index in [0.717, 1.165) is 0 Å². The Balaban J connectivity index is 2.08. The average Bonchev–Trinajstić information content (AvgIpc) is 2.55. The van der Waals surface area contributed by atoms with Crippen LogP contribution in [0.5, 0.6) is 0 Å². The number of carbonyl (C=O) groups is 3. The lowest BCUT2D eigenvalue weighted by Crippen LogP contribution is -2.13. The largest absolute Gasteiger partial charge is 0.462 e. The maximum absolute atomic E-state index is 12.2. The fraction of sp³-hybridized carbons (Fsp3) is 0.167. The number of rotatable bonds is 5. The van der Waals surface area contributed by atoms with Crippen molar-refractivity contribution in [1.29, 1.82) is 0 Å². The van der Waals surface area contributed by atoms with E-state index in [4.69, 9.17) is 4.74 Å². The number of carbonyl (C=O) groups excluding carboxylic acids is 3. The van der Waals surface area contributed by atoms with Crippen molar-refractivity contribution >= 4 is 29.2 Å². The Kier molecular flexibility index (Phi) is 5.68. The molecule has 0 atom stereocenters. The molecule has 0 heterocycles. The summed E-state index contributed by atoms with van der Waals surface area (Å²) in [5.74, 6) is -0.929. The van der Waals surface area contributed by atoms with E-state index < -0.39 is 5.97 Å². The summed E-state index contributed by atoms with van der Waals surface area (Å²) in [6, 6.07) is 13.0. The topological polar surface area (TPSA) is 84.5 Å². The predicted octanol–water partition coefficient (Wildman–Crippen LogP) is 3.07. The first kappa shape index (κ1) is 17.2. The highest BCUT2D eigenvalue weighted by atomic mass is 16.5. The first-order chi connectivity index (χ1) is 11.5. The van der Waals surface area contributed by atoms with Crippen LogP contribution in [0.4, 0.5) is 11.4 Å². The minimum atomic E-state index is -0.437. The van der Waals surface area contributed by atoms with Crippen molar-refractivity contribution in [3.63, 3.8) is 0 Å². The summed E-state index contributed by atoms with van der Waals surface area (Å²) in [4.78, 5) is 34.9. The maximum atomic E-state index is 12.2. The summed E-state index contributed by atoms with van der Waals surface area (Å²) < 4.78 is 4.93. The zero-order valence-corrected chi connectivity index (χ0v) is 13.5. The van der Waals surface area contributed by atoms with Gasteiger partial charge in [0.1, 0.15) is 0 Å².